The molecule has 2 aromatic rings. The van der Waals surface area contributed by atoms with Crippen LogP contribution in [0, 0.1) is 0 Å². The van der Waals surface area contributed by atoms with Crippen molar-refractivity contribution >= 4 is 17.2 Å². The van der Waals surface area contributed by atoms with Gasteiger partial charge < -0.3 is 9.64 Å². The molecule has 4 heteroatoms. The number of methoxy groups -OCH3 is 1. The molecule has 1 aromatic carbocycles. The first kappa shape index (κ1) is 13.2. The highest BCUT2D eigenvalue weighted by molar-refractivity contribution is 7.10. The molecule has 1 aliphatic heterocycles. The number of thiophene rings is 1. The van der Waals surface area contributed by atoms with Crippen LogP contribution in [-0.4, -0.2) is 24.5 Å². The molecular formula is C16H17NO2S. The molecule has 2 heterocycles. The van der Waals surface area contributed by atoms with Crippen LogP contribution < -0.4 is 4.74 Å². The van der Waals surface area contributed by atoms with Crippen molar-refractivity contribution < 1.29 is 9.53 Å². The quantitative estimate of drug-likeness (QED) is 0.868. The molecule has 3 rings (SSSR count). The van der Waals surface area contributed by atoms with Crippen molar-refractivity contribution in [3.05, 3.63) is 51.7 Å². The summed E-state index contributed by atoms with van der Waals surface area (Å²) in [6.45, 7) is 1.58. The average molecular weight is 287 g/mol. The molecule has 0 bridgehead atoms. The van der Waals surface area contributed by atoms with Crippen molar-refractivity contribution in [1.82, 2.24) is 4.90 Å². The molecule has 0 atom stereocenters. The summed E-state index contributed by atoms with van der Waals surface area (Å²) in [4.78, 5) is 15.8. The second-order valence-electron chi connectivity index (χ2n) is 4.96. The molecule has 0 aliphatic carbocycles. The number of rotatable bonds is 3. The predicted molar refractivity (Wildman–Crippen MR) is 80.1 cm³/mol. The van der Waals surface area contributed by atoms with E-state index in [0.717, 1.165) is 30.8 Å². The van der Waals surface area contributed by atoms with Gasteiger partial charge in [-0.15, -0.1) is 11.3 Å². The van der Waals surface area contributed by atoms with Gasteiger partial charge in [0.2, 0.25) is 5.91 Å². The van der Waals surface area contributed by atoms with Crippen molar-refractivity contribution in [2.24, 2.45) is 0 Å². The predicted octanol–water partition coefficient (Wildman–Crippen LogP) is 2.88. The van der Waals surface area contributed by atoms with Crippen LogP contribution in [0.4, 0.5) is 0 Å². The van der Waals surface area contributed by atoms with Crippen molar-refractivity contribution in [1.29, 1.82) is 0 Å². The molecule has 0 spiro atoms. The average Bonchev–Trinajstić information content (AvgIpc) is 2.94. The van der Waals surface area contributed by atoms with Crippen molar-refractivity contribution in [3.8, 4) is 5.75 Å². The second kappa shape index (κ2) is 5.67. The molecule has 3 nitrogen and oxygen atoms in total. The zero-order valence-electron chi connectivity index (χ0n) is 11.5. The number of carbonyl (C=O) groups excluding carboxylic acids is 1. The third kappa shape index (κ3) is 2.70. The lowest BCUT2D eigenvalue weighted by Crippen LogP contribution is -2.36. The van der Waals surface area contributed by atoms with Gasteiger partial charge in [-0.05, 0) is 41.1 Å². The maximum Gasteiger partial charge on any atom is 0.227 e. The molecule has 104 valence electrons. The maximum atomic E-state index is 12.4. The van der Waals surface area contributed by atoms with Gasteiger partial charge in [-0.3, -0.25) is 4.79 Å². The fourth-order valence-corrected chi connectivity index (χ4v) is 3.42. The number of carbonyl (C=O) groups is 1. The van der Waals surface area contributed by atoms with Gasteiger partial charge in [0.25, 0.3) is 0 Å². The molecule has 1 aromatic heterocycles. The molecular weight excluding hydrogens is 270 g/mol. The highest BCUT2D eigenvalue weighted by atomic mass is 32.1. The van der Waals surface area contributed by atoms with Crippen LogP contribution in [0.5, 0.6) is 5.75 Å². The van der Waals surface area contributed by atoms with E-state index in [0.29, 0.717) is 6.42 Å². The molecule has 0 N–H and O–H groups in total. The van der Waals surface area contributed by atoms with Crippen LogP contribution in [-0.2, 0) is 24.2 Å². The Balaban J connectivity index is 1.68. The minimum atomic E-state index is 0.190. The van der Waals surface area contributed by atoms with Gasteiger partial charge >= 0.3 is 0 Å². The van der Waals surface area contributed by atoms with Gasteiger partial charge in [0.05, 0.1) is 13.5 Å². The molecule has 1 amide bonds. The van der Waals surface area contributed by atoms with E-state index in [4.69, 9.17) is 4.74 Å². The van der Waals surface area contributed by atoms with Gasteiger partial charge in [-0.25, -0.2) is 0 Å². The minimum Gasteiger partial charge on any atom is -0.497 e. The minimum absolute atomic E-state index is 0.190. The van der Waals surface area contributed by atoms with Crippen molar-refractivity contribution in [3.63, 3.8) is 0 Å². The zero-order valence-corrected chi connectivity index (χ0v) is 12.3. The zero-order chi connectivity index (χ0) is 13.9. The Kier molecular flexibility index (Phi) is 3.74. The number of benzene rings is 1. The monoisotopic (exact) mass is 287 g/mol. The lowest BCUT2D eigenvalue weighted by molar-refractivity contribution is -0.131. The summed E-state index contributed by atoms with van der Waals surface area (Å²) in [5.74, 6) is 0.990. The van der Waals surface area contributed by atoms with Gasteiger partial charge in [-0.2, -0.15) is 0 Å². The molecule has 0 saturated carbocycles. The van der Waals surface area contributed by atoms with E-state index in [1.807, 2.05) is 29.2 Å². The Morgan fingerprint density at radius 1 is 1.40 bits per heavy atom. The van der Waals surface area contributed by atoms with Crippen molar-refractivity contribution in [2.45, 2.75) is 19.4 Å². The summed E-state index contributed by atoms with van der Waals surface area (Å²) < 4.78 is 5.19. The van der Waals surface area contributed by atoms with Gasteiger partial charge in [0, 0.05) is 18.0 Å². The number of nitrogens with zero attached hydrogens (tertiary/aromatic N) is 1. The summed E-state index contributed by atoms with van der Waals surface area (Å²) in [6.07, 6.45) is 1.42. The standard InChI is InChI=1S/C16H17NO2S/c1-19-14-4-2-3-12(9-14)10-16(18)17-7-5-15-13(11-17)6-8-20-15/h2-4,6,8-9H,5,7,10-11H2,1H3. The van der Waals surface area contributed by atoms with Crippen LogP contribution >= 0.6 is 11.3 Å². The number of ether oxygens (including phenoxy) is 1. The van der Waals surface area contributed by atoms with E-state index in [1.54, 1.807) is 18.4 Å². The van der Waals surface area contributed by atoms with Crippen LogP contribution in [0.1, 0.15) is 16.0 Å². The summed E-state index contributed by atoms with van der Waals surface area (Å²) in [7, 11) is 1.64. The van der Waals surface area contributed by atoms with Crippen LogP contribution in [0.15, 0.2) is 35.7 Å². The molecule has 0 saturated heterocycles. The Morgan fingerprint density at radius 2 is 2.30 bits per heavy atom. The Hall–Kier alpha value is -1.81. The van der Waals surface area contributed by atoms with E-state index in [-0.39, 0.29) is 5.91 Å². The van der Waals surface area contributed by atoms with Gasteiger partial charge in [0.15, 0.2) is 0 Å². The SMILES string of the molecule is COc1cccc(CC(=O)N2CCc3sccc3C2)c1. The second-order valence-corrected chi connectivity index (χ2v) is 5.96. The largest absolute Gasteiger partial charge is 0.497 e. The summed E-state index contributed by atoms with van der Waals surface area (Å²) >= 11 is 1.79. The maximum absolute atomic E-state index is 12.4. The lowest BCUT2D eigenvalue weighted by atomic mass is 10.1. The van der Waals surface area contributed by atoms with Gasteiger partial charge in [0.1, 0.15) is 5.75 Å². The fourth-order valence-electron chi connectivity index (χ4n) is 2.53. The number of fused-ring (bicyclic) bond motifs is 1. The topological polar surface area (TPSA) is 29.5 Å². The Labute approximate surface area is 122 Å². The van der Waals surface area contributed by atoms with E-state index in [9.17, 15) is 4.79 Å². The smallest absolute Gasteiger partial charge is 0.227 e. The number of hydrogen-bond acceptors (Lipinski definition) is 3. The summed E-state index contributed by atoms with van der Waals surface area (Å²) in [5.41, 5.74) is 2.31. The Morgan fingerprint density at radius 3 is 3.15 bits per heavy atom. The first-order valence-corrected chi connectivity index (χ1v) is 7.60. The third-order valence-electron chi connectivity index (χ3n) is 3.65. The molecule has 0 radical (unpaired) electrons. The number of hydrogen-bond donors (Lipinski definition) is 0. The highest BCUT2D eigenvalue weighted by Crippen LogP contribution is 2.24. The highest BCUT2D eigenvalue weighted by Gasteiger charge is 2.21. The van der Waals surface area contributed by atoms with Crippen molar-refractivity contribution in [2.75, 3.05) is 13.7 Å². The lowest BCUT2D eigenvalue weighted by Gasteiger charge is -2.27. The van der Waals surface area contributed by atoms with E-state index < -0.39 is 0 Å². The molecule has 0 fully saturated rings. The molecule has 0 unspecified atom stereocenters. The van der Waals surface area contributed by atoms with Crippen LogP contribution in [0.3, 0.4) is 0 Å². The number of amides is 1. The van der Waals surface area contributed by atoms with E-state index in [1.165, 1.54) is 10.4 Å². The van der Waals surface area contributed by atoms with E-state index in [2.05, 4.69) is 11.4 Å². The fraction of sp³-hybridized carbons (Fsp3) is 0.312. The van der Waals surface area contributed by atoms with Crippen LogP contribution in [0.2, 0.25) is 0 Å². The first-order chi connectivity index (χ1) is 9.76. The molecule has 1 aliphatic rings. The Bertz CT molecular complexity index is 620. The summed E-state index contributed by atoms with van der Waals surface area (Å²) in [5, 5.41) is 2.11. The van der Waals surface area contributed by atoms with E-state index >= 15 is 0 Å². The van der Waals surface area contributed by atoms with Gasteiger partial charge in [-0.1, -0.05) is 12.1 Å². The molecule has 20 heavy (non-hydrogen) atoms. The first-order valence-electron chi connectivity index (χ1n) is 6.72. The normalized spacial score (nSPS) is 13.9. The summed E-state index contributed by atoms with van der Waals surface area (Å²) in [6, 6.07) is 9.85. The third-order valence-corrected chi connectivity index (χ3v) is 4.67. The van der Waals surface area contributed by atoms with Crippen LogP contribution in [0.25, 0.3) is 0 Å².